The third-order valence-electron chi connectivity index (χ3n) is 4.43. The smallest absolute Gasteiger partial charge is 0.0485 e. The van der Waals surface area contributed by atoms with Crippen LogP contribution < -0.4 is 5.32 Å². The first-order valence-corrected chi connectivity index (χ1v) is 8.15. The highest BCUT2D eigenvalue weighted by molar-refractivity contribution is 6.30. The molecule has 0 heterocycles. The molecule has 1 N–H and O–H groups in total. The Bertz CT molecular complexity index is 648. The number of benzene rings is 2. The molecule has 1 aliphatic carbocycles. The second kappa shape index (κ2) is 6.11. The van der Waals surface area contributed by atoms with E-state index in [1.54, 1.807) is 11.1 Å². The summed E-state index contributed by atoms with van der Waals surface area (Å²) in [5.41, 5.74) is 6.79. The van der Waals surface area contributed by atoms with Crippen molar-refractivity contribution in [2.45, 2.75) is 45.6 Å². The lowest BCUT2D eigenvalue weighted by atomic mass is 9.89. The molecule has 0 bridgehead atoms. The minimum atomic E-state index is 0.303. The van der Waals surface area contributed by atoms with Crippen LogP contribution in [0.5, 0.6) is 0 Å². The first kappa shape index (κ1) is 14.5. The fourth-order valence-electron chi connectivity index (χ4n) is 3.13. The lowest BCUT2D eigenvalue weighted by molar-refractivity contribution is 0.683. The van der Waals surface area contributed by atoms with Gasteiger partial charge in [0.15, 0.2) is 0 Å². The summed E-state index contributed by atoms with van der Waals surface area (Å²) in [6.07, 6.45) is 5.14. The van der Waals surface area contributed by atoms with Crippen molar-refractivity contribution in [3.05, 3.63) is 63.7 Å². The third kappa shape index (κ3) is 3.24. The van der Waals surface area contributed by atoms with E-state index in [4.69, 9.17) is 11.6 Å². The average Bonchev–Trinajstić information content (AvgIpc) is 2.49. The number of halogens is 1. The molecule has 1 aliphatic rings. The summed E-state index contributed by atoms with van der Waals surface area (Å²) >= 11 is 6.02. The number of hydrogen-bond donors (Lipinski definition) is 1. The summed E-state index contributed by atoms with van der Waals surface area (Å²) in [6, 6.07) is 13.3. The van der Waals surface area contributed by atoms with Gasteiger partial charge in [-0.25, -0.2) is 0 Å². The van der Waals surface area contributed by atoms with Gasteiger partial charge in [-0.05, 0) is 80.0 Å². The molecular weight excluding hydrogens is 278 g/mol. The van der Waals surface area contributed by atoms with Crippen molar-refractivity contribution in [2.24, 2.45) is 0 Å². The molecule has 2 aromatic rings. The second-order valence-electron chi connectivity index (χ2n) is 6.06. The first-order chi connectivity index (χ1) is 10.1. The zero-order valence-corrected chi connectivity index (χ0v) is 13.5. The van der Waals surface area contributed by atoms with Crippen LogP contribution in [-0.4, -0.2) is 0 Å². The van der Waals surface area contributed by atoms with Crippen LogP contribution in [0.25, 0.3) is 0 Å². The van der Waals surface area contributed by atoms with E-state index < -0.39 is 0 Å². The van der Waals surface area contributed by atoms with Crippen LogP contribution in [0.1, 0.15) is 48.1 Å². The maximum Gasteiger partial charge on any atom is 0.0485 e. The minimum absolute atomic E-state index is 0.303. The van der Waals surface area contributed by atoms with Crippen molar-refractivity contribution in [2.75, 3.05) is 5.32 Å². The molecule has 1 nitrogen and oxygen atoms in total. The molecule has 0 aliphatic heterocycles. The summed E-state index contributed by atoms with van der Waals surface area (Å²) in [5, 5.41) is 4.39. The van der Waals surface area contributed by atoms with Crippen LogP contribution in [0, 0.1) is 6.92 Å². The van der Waals surface area contributed by atoms with Crippen LogP contribution >= 0.6 is 11.6 Å². The molecule has 110 valence electrons. The van der Waals surface area contributed by atoms with E-state index in [2.05, 4.69) is 43.4 Å². The van der Waals surface area contributed by atoms with E-state index in [0.29, 0.717) is 6.04 Å². The number of rotatable bonds is 3. The molecule has 1 unspecified atom stereocenters. The van der Waals surface area contributed by atoms with Crippen LogP contribution in [0.2, 0.25) is 5.02 Å². The van der Waals surface area contributed by atoms with Gasteiger partial charge in [0.1, 0.15) is 0 Å². The van der Waals surface area contributed by atoms with Gasteiger partial charge in [-0.3, -0.25) is 0 Å². The Labute approximate surface area is 132 Å². The van der Waals surface area contributed by atoms with Crippen molar-refractivity contribution in [3.8, 4) is 0 Å². The highest BCUT2D eigenvalue weighted by Gasteiger charge is 2.13. The third-order valence-corrected chi connectivity index (χ3v) is 4.67. The Kier molecular flexibility index (Phi) is 4.21. The molecule has 0 saturated heterocycles. The van der Waals surface area contributed by atoms with Crippen LogP contribution in [0.15, 0.2) is 36.4 Å². The maximum absolute atomic E-state index is 6.02. The van der Waals surface area contributed by atoms with Gasteiger partial charge < -0.3 is 5.32 Å². The number of aryl methyl sites for hydroxylation is 3. The van der Waals surface area contributed by atoms with Crippen LogP contribution in [0.3, 0.4) is 0 Å². The van der Waals surface area contributed by atoms with Crippen molar-refractivity contribution in [3.63, 3.8) is 0 Å². The number of nitrogens with one attached hydrogen (secondary N) is 1. The normalized spacial score (nSPS) is 15.4. The van der Waals surface area contributed by atoms with E-state index in [1.165, 1.54) is 36.8 Å². The van der Waals surface area contributed by atoms with E-state index in [1.807, 2.05) is 12.1 Å². The largest absolute Gasteiger partial charge is 0.378 e. The molecule has 0 aromatic heterocycles. The summed E-state index contributed by atoms with van der Waals surface area (Å²) < 4.78 is 0. The Hall–Kier alpha value is -1.47. The topological polar surface area (TPSA) is 12.0 Å². The molecule has 1 atom stereocenters. The summed E-state index contributed by atoms with van der Waals surface area (Å²) in [5.74, 6) is 0. The Morgan fingerprint density at radius 3 is 2.52 bits per heavy atom. The van der Waals surface area contributed by atoms with Gasteiger partial charge in [-0.1, -0.05) is 29.8 Å². The van der Waals surface area contributed by atoms with Crippen molar-refractivity contribution < 1.29 is 0 Å². The second-order valence-corrected chi connectivity index (χ2v) is 6.50. The molecule has 0 spiro atoms. The van der Waals surface area contributed by atoms with Gasteiger partial charge in [0.2, 0.25) is 0 Å². The van der Waals surface area contributed by atoms with E-state index >= 15 is 0 Å². The summed E-state index contributed by atoms with van der Waals surface area (Å²) in [4.78, 5) is 0. The van der Waals surface area contributed by atoms with Gasteiger partial charge >= 0.3 is 0 Å². The van der Waals surface area contributed by atoms with Crippen molar-refractivity contribution in [1.29, 1.82) is 0 Å². The van der Waals surface area contributed by atoms with E-state index in [0.717, 1.165) is 10.7 Å². The molecule has 0 saturated carbocycles. The van der Waals surface area contributed by atoms with Gasteiger partial charge in [-0.15, -0.1) is 0 Å². The summed E-state index contributed by atoms with van der Waals surface area (Å²) in [7, 11) is 0. The highest BCUT2D eigenvalue weighted by Crippen LogP contribution is 2.28. The van der Waals surface area contributed by atoms with Gasteiger partial charge in [-0.2, -0.15) is 0 Å². The lowest BCUT2D eigenvalue weighted by Crippen LogP contribution is -2.10. The average molecular weight is 300 g/mol. The van der Waals surface area contributed by atoms with Gasteiger partial charge in [0.05, 0.1) is 0 Å². The zero-order chi connectivity index (χ0) is 14.8. The van der Waals surface area contributed by atoms with E-state index in [9.17, 15) is 0 Å². The highest BCUT2D eigenvalue weighted by atomic mass is 35.5. The molecule has 0 fully saturated rings. The predicted octanol–water partition coefficient (Wildman–Crippen LogP) is 5.70. The number of fused-ring (bicyclic) bond motifs is 1. The number of hydrogen-bond acceptors (Lipinski definition) is 1. The molecule has 0 radical (unpaired) electrons. The number of anilines is 1. The SMILES string of the molecule is Cc1cc(Cl)ccc1NC(C)c1ccc2c(c1)CCCC2. The van der Waals surface area contributed by atoms with E-state index in [-0.39, 0.29) is 0 Å². The Morgan fingerprint density at radius 2 is 1.76 bits per heavy atom. The minimum Gasteiger partial charge on any atom is -0.378 e. The molecule has 2 heteroatoms. The molecule has 0 amide bonds. The van der Waals surface area contributed by atoms with Gasteiger partial charge in [0.25, 0.3) is 0 Å². The predicted molar refractivity (Wildman–Crippen MR) is 91.3 cm³/mol. The Morgan fingerprint density at radius 1 is 1.00 bits per heavy atom. The standard InChI is InChI=1S/C19H22ClN/c1-13-11-18(20)9-10-19(13)21-14(2)16-8-7-15-5-3-4-6-17(15)12-16/h7-12,14,21H,3-6H2,1-2H3. The zero-order valence-electron chi connectivity index (χ0n) is 12.7. The lowest BCUT2D eigenvalue weighted by Gasteiger charge is -2.21. The molecule has 21 heavy (non-hydrogen) atoms. The maximum atomic E-state index is 6.02. The van der Waals surface area contributed by atoms with Gasteiger partial charge in [0, 0.05) is 16.8 Å². The quantitative estimate of drug-likeness (QED) is 0.766. The molecule has 3 rings (SSSR count). The van der Waals surface area contributed by atoms with Crippen molar-refractivity contribution in [1.82, 2.24) is 0 Å². The first-order valence-electron chi connectivity index (χ1n) is 7.78. The molecular formula is C19H22ClN. The fraction of sp³-hybridized carbons (Fsp3) is 0.368. The van der Waals surface area contributed by atoms with Crippen LogP contribution in [-0.2, 0) is 12.8 Å². The summed E-state index contributed by atoms with van der Waals surface area (Å²) in [6.45, 7) is 4.31. The molecule has 2 aromatic carbocycles. The fourth-order valence-corrected chi connectivity index (χ4v) is 3.35. The monoisotopic (exact) mass is 299 g/mol. The van der Waals surface area contributed by atoms with Crippen LogP contribution in [0.4, 0.5) is 5.69 Å². The Balaban J connectivity index is 1.80. The van der Waals surface area contributed by atoms with Crippen molar-refractivity contribution >= 4 is 17.3 Å².